The molecule has 0 atom stereocenters. The molecule has 15 heavy (non-hydrogen) atoms. The normalized spacial score (nSPS) is 10.1. The monoisotopic (exact) mass is 203 g/mol. The first-order valence-corrected chi connectivity index (χ1v) is 4.48. The highest BCUT2D eigenvalue weighted by Gasteiger charge is 2.12. The highest BCUT2D eigenvalue weighted by atomic mass is 16.6. The topological polar surface area (TPSA) is 71.8 Å². The molecule has 0 saturated carbocycles. The molecular weight excluding hydrogens is 194 g/mol. The van der Waals surface area contributed by atoms with E-state index in [0.29, 0.717) is 12.0 Å². The third-order valence-electron chi connectivity index (χ3n) is 2.10. The van der Waals surface area contributed by atoms with Crippen LogP contribution < -0.4 is 0 Å². The molecule has 0 aliphatic rings. The zero-order valence-electron chi connectivity index (χ0n) is 7.88. The van der Waals surface area contributed by atoms with Crippen LogP contribution in [-0.2, 0) is 6.42 Å². The fourth-order valence-electron chi connectivity index (χ4n) is 1.41. The molecule has 1 N–H and O–H groups in total. The Balaban J connectivity index is 2.32. The second-order valence-corrected chi connectivity index (χ2v) is 3.10. The molecule has 0 fully saturated rings. The van der Waals surface area contributed by atoms with Gasteiger partial charge in [-0.2, -0.15) is 0 Å². The Kier molecular flexibility index (Phi) is 2.45. The van der Waals surface area contributed by atoms with Gasteiger partial charge >= 0.3 is 0 Å². The molecule has 0 spiro atoms. The molecule has 1 heterocycles. The molecular formula is C10H9N3O2. The van der Waals surface area contributed by atoms with E-state index < -0.39 is 0 Å². The SMILES string of the molecule is O=[N+]([O-])c1ccccc1Cc1ncc[nH]1. The molecule has 0 saturated heterocycles. The zero-order valence-corrected chi connectivity index (χ0v) is 7.88. The van der Waals surface area contributed by atoms with E-state index in [2.05, 4.69) is 9.97 Å². The van der Waals surface area contributed by atoms with Crippen molar-refractivity contribution in [2.45, 2.75) is 6.42 Å². The van der Waals surface area contributed by atoms with Crippen LogP contribution in [0.5, 0.6) is 0 Å². The Hall–Kier alpha value is -2.17. The van der Waals surface area contributed by atoms with E-state index in [1.807, 2.05) is 0 Å². The third-order valence-corrected chi connectivity index (χ3v) is 2.10. The number of H-pyrrole nitrogens is 1. The third kappa shape index (κ3) is 2.01. The maximum absolute atomic E-state index is 10.7. The summed E-state index contributed by atoms with van der Waals surface area (Å²) in [6, 6.07) is 6.67. The number of nitro benzene ring substituents is 1. The lowest BCUT2D eigenvalue weighted by atomic mass is 10.1. The molecule has 0 unspecified atom stereocenters. The predicted molar refractivity (Wildman–Crippen MR) is 54.5 cm³/mol. The number of hydrogen-bond acceptors (Lipinski definition) is 3. The summed E-state index contributed by atoms with van der Waals surface area (Å²) in [6.45, 7) is 0. The van der Waals surface area contributed by atoms with Crippen molar-refractivity contribution < 1.29 is 4.92 Å². The summed E-state index contributed by atoms with van der Waals surface area (Å²) in [7, 11) is 0. The van der Waals surface area contributed by atoms with Crippen LogP contribution in [0, 0.1) is 10.1 Å². The molecule has 0 amide bonds. The second-order valence-electron chi connectivity index (χ2n) is 3.10. The van der Waals surface area contributed by atoms with Crippen molar-refractivity contribution in [2.75, 3.05) is 0 Å². The lowest BCUT2D eigenvalue weighted by molar-refractivity contribution is -0.385. The lowest BCUT2D eigenvalue weighted by Crippen LogP contribution is -1.97. The van der Waals surface area contributed by atoms with Crippen LogP contribution in [0.4, 0.5) is 5.69 Å². The number of para-hydroxylation sites is 1. The van der Waals surface area contributed by atoms with Crippen LogP contribution in [0.2, 0.25) is 0 Å². The summed E-state index contributed by atoms with van der Waals surface area (Å²) in [5.74, 6) is 0.726. The van der Waals surface area contributed by atoms with Crippen LogP contribution in [0.3, 0.4) is 0 Å². The Morgan fingerprint density at radius 1 is 1.40 bits per heavy atom. The summed E-state index contributed by atoms with van der Waals surface area (Å²) in [5, 5.41) is 10.7. The fourth-order valence-corrected chi connectivity index (χ4v) is 1.41. The van der Waals surface area contributed by atoms with E-state index in [0.717, 1.165) is 5.82 Å². The fraction of sp³-hybridized carbons (Fsp3) is 0.100. The van der Waals surface area contributed by atoms with Crippen LogP contribution >= 0.6 is 0 Å². The molecule has 0 bridgehead atoms. The van der Waals surface area contributed by atoms with Crippen molar-refractivity contribution in [3.05, 3.63) is 58.2 Å². The largest absolute Gasteiger partial charge is 0.348 e. The van der Waals surface area contributed by atoms with Crippen molar-refractivity contribution >= 4 is 5.69 Å². The summed E-state index contributed by atoms with van der Waals surface area (Å²) in [4.78, 5) is 17.3. The zero-order chi connectivity index (χ0) is 10.7. The van der Waals surface area contributed by atoms with Gasteiger partial charge in [0.15, 0.2) is 0 Å². The van der Waals surface area contributed by atoms with Gasteiger partial charge in [-0.05, 0) is 0 Å². The summed E-state index contributed by atoms with van der Waals surface area (Å²) in [5.41, 5.74) is 0.798. The number of imidazole rings is 1. The highest BCUT2D eigenvalue weighted by molar-refractivity contribution is 5.41. The standard InChI is InChI=1S/C10H9N3O2/c14-13(15)9-4-2-1-3-8(9)7-10-11-5-6-12-10/h1-6H,7H2,(H,11,12). The van der Waals surface area contributed by atoms with E-state index in [4.69, 9.17) is 0 Å². The van der Waals surface area contributed by atoms with Gasteiger partial charge in [0.2, 0.25) is 0 Å². The van der Waals surface area contributed by atoms with Gasteiger partial charge in [-0.1, -0.05) is 18.2 Å². The first kappa shape index (κ1) is 9.39. The van der Waals surface area contributed by atoms with Gasteiger partial charge in [-0.3, -0.25) is 10.1 Å². The van der Waals surface area contributed by atoms with Crippen LogP contribution in [-0.4, -0.2) is 14.9 Å². The number of benzene rings is 1. The Bertz CT molecular complexity index is 465. The minimum atomic E-state index is -0.377. The minimum Gasteiger partial charge on any atom is -0.348 e. The molecule has 0 aliphatic carbocycles. The average Bonchev–Trinajstić information content (AvgIpc) is 2.71. The van der Waals surface area contributed by atoms with Gasteiger partial charge in [-0.15, -0.1) is 0 Å². The van der Waals surface area contributed by atoms with Crippen LogP contribution in [0.1, 0.15) is 11.4 Å². The maximum atomic E-state index is 10.7. The Morgan fingerprint density at radius 3 is 2.87 bits per heavy atom. The van der Waals surface area contributed by atoms with Crippen molar-refractivity contribution in [1.29, 1.82) is 0 Å². The number of rotatable bonds is 3. The summed E-state index contributed by atoms with van der Waals surface area (Å²) in [6.07, 6.45) is 3.78. The quantitative estimate of drug-likeness (QED) is 0.611. The first-order chi connectivity index (χ1) is 7.27. The molecule has 1 aromatic carbocycles. The van der Waals surface area contributed by atoms with E-state index in [1.165, 1.54) is 6.07 Å². The van der Waals surface area contributed by atoms with Crippen molar-refractivity contribution in [1.82, 2.24) is 9.97 Å². The van der Waals surface area contributed by atoms with E-state index in [9.17, 15) is 10.1 Å². The van der Waals surface area contributed by atoms with E-state index >= 15 is 0 Å². The minimum absolute atomic E-state index is 0.133. The number of aromatic amines is 1. The molecule has 2 aromatic rings. The van der Waals surface area contributed by atoms with Gasteiger partial charge in [0.25, 0.3) is 5.69 Å². The van der Waals surface area contributed by atoms with Gasteiger partial charge < -0.3 is 4.98 Å². The second kappa shape index (κ2) is 3.91. The van der Waals surface area contributed by atoms with Gasteiger partial charge in [0.1, 0.15) is 5.82 Å². The van der Waals surface area contributed by atoms with Gasteiger partial charge in [-0.25, -0.2) is 4.98 Å². The molecule has 0 radical (unpaired) electrons. The van der Waals surface area contributed by atoms with E-state index in [-0.39, 0.29) is 10.6 Å². The summed E-state index contributed by atoms with van der Waals surface area (Å²) < 4.78 is 0. The number of aromatic nitrogens is 2. The Morgan fingerprint density at radius 2 is 2.20 bits per heavy atom. The number of nitrogens with zero attached hydrogens (tertiary/aromatic N) is 2. The number of nitro groups is 1. The molecule has 1 aromatic heterocycles. The van der Waals surface area contributed by atoms with Gasteiger partial charge in [0, 0.05) is 30.4 Å². The number of hydrogen-bond donors (Lipinski definition) is 1. The Labute approximate surface area is 85.9 Å². The van der Waals surface area contributed by atoms with Gasteiger partial charge in [0.05, 0.1) is 4.92 Å². The molecule has 5 heteroatoms. The number of nitrogens with one attached hydrogen (secondary N) is 1. The van der Waals surface area contributed by atoms with Crippen LogP contribution in [0.15, 0.2) is 36.7 Å². The van der Waals surface area contributed by atoms with Crippen molar-refractivity contribution in [3.63, 3.8) is 0 Å². The smallest absolute Gasteiger partial charge is 0.273 e. The summed E-state index contributed by atoms with van der Waals surface area (Å²) >= 11 is 0. The van der Waals surface area contributed by atoms with Crippen molar-refractivity contribution in [2.24, 2.45) is 0 Å². The maximum Gasteiger partial charge on any atom is 0.273 e. The molecule has 0 aliphatic heterocycles. The molecule has 2 rings (SSSR count). The molecule has 5 nitrogen and oxygen atoms in total. The first-order valence-electron chi connectivity index (χ1n) is 4.48. The average molecular weight is 203 g/mol. The lowest BCUT2D eigenvalue weighted by Gasteiger charge is -1.99. The van der Waals surface area contributed by atoms with Crippen molar-refractivity contribution in [3.8, 4) is 0 Å². The predicted octanol–water partition coefficient (Wildman–Crippen LogP) is 1.91. The van der Waals surface area contributed by atoms with E-state index in [1.54, 1.807) is 30.6 Å². The molecule has 76 valence electrons. The van der Waals surface area contributed by atoms with Crippen LogP contribution in [0.25, 0.3) is 0 Å². The highest BCUT2D eigenvalue weighted by Crippen LogP contribution is 2.19.